The largest absolute Gasteiger partial charge is 0.326 e. The number of piperidine rings is 1. The molecule has 4 rings (SSSR count). The first-order chi connectivity index (χ1) is 14.8. The van der Waals surface area contributed by atoms with Crippen LogP contribution >= 0.6 is 0 Å². The van der Waals surface area contributed by atoms with Crippen molar-refractivity contribution in [2.45, 2.75) is 51.0 Å². The van der Waals surface area contributed by atoms with Crippen LogP contribution < -0.4 is 5.32 Å². The summed E-state index contributed by atoms with van der Waals surface area (Å²) in [7, 11) is -3.52. The summed E-state index contributed by atoms with van der Waals surface area (Å²) in [5.41, 5.74) is 4.17. The zero-order valence-electron chi connectivity index (χ0n) is 17.8. The van der Waals surface area contributed by atoms with Crippen molar-refractivity contribution in [3.63, 3.8) is 0 Å². The minimum Gasteiger partial charge on any atom is -0.326 e. The summed E-state index contributed by atoms with van der Waals surface area (Å²) in [4.78, 5) is 12.6. The third-order valence-electron chi connectivity index (χ3n) is 5.49. The summed E-state index contributed by atoms with van der Waals surface area (Å²) >= 11 is 0. The second-order valence-electron chi connectivity index (χ2n) is 8.10. The molecule has 0 bridgehead atoms. The fourth-order valence-corrected chi connectivity index (χ4v) is 5.55. The molecule has 0 atom stereocenters. The summed E-state index contributed by atoms with van der Waals surface area (Å²) in [6.45, 7) is 5.45. The number of benzene rings is 2. The van der Waals surface area contributed by atoms with Crippen LogP contribution in [0.2, 0.25) is 0 Å². The normalized spacial score (nSPS) is 15.3. The van der Waals surface area contributed by atoms with E-state index in [0.29, 0.717) is 30.7 Å². The molecule has 0 aliphatic carbocycles. The number of hydrogen-bond acceptors (Lipinski definition) is 5. The number of sulfonamides is 1. The number of amides is 1. The highest BCUT2D eigenvalue weighted by molar-refractivity contribution is 7.89. The highest BCUT2D eigenvalue weighted by atomic mass is 32.2. The van der Waals surface area contributed by atoms with Gasteiger partial charge in [-0.1, -0.05) is 17.7 Å². The molecule has 0 unspecified atom stereocenters. The first-order valence-electron chi connectivity index (χ1n) is 10.5. The van der Waals surface area contributed by atoms with E-state index >= 15 is 0 Å². The van der Waals surface area contributed by atoms with E-state index in [-0.39, 0.29) is 17.2 Å². The highest BCUT2D eigenvalue weighted by Gasteiger charge is 2.26. The number of carbonyl (C=O) groups is 1. The molecule has 1 aromatic heterocycles. The molecule has 0 radical (unpaired) electrons. The minimum atomic E-state index is -3.52. The average molecular weight is 442 g/mol. The third-order valence-corrected chi connectivity index (χ3v) is 7.39. The maximum absolute atomic E-state index is 12.9. The predicted octanol–water partition coefficient (Wildman–Crippen LogP) is 3.25. The van der Waals surface area contributed by atoms with Crippen molar-refractivity contribution in [2.75, 3.05) is 18.4 Å². The average Bonchev–Trinajstić information content (AvgIpc) is 3.14. The Morgan fingerprint density at radius 2 is 1.74 bits per heavy atom. The Labute approximate surface area is 182 Å². The van der Waals surface area contributed by atoms with Crippen LogP contribution in [0.5, 0.6) is 0 Å². The maximum Gasteiger partial charge on any atom is 0.243 e. The van der Waals surface area contributed by atoms with Gasteiger partial charge in [-0.3, -0.25) is 4.79 Å². The Balaban J connectivity index is 1.45. The molecule has 3 aromatic rings. The SMILES string of the molecule is Cc1cc(C)cc(NC(=O)CCn2nnc3cc(S(=O)(=O)N4CCCCC4)ccc32)c1. The van der Waals surface area contributed by atoms with E-state index in [0.717, 1.165) is 36.1 Å². The molecule has 1 amide bonds. The molecule has 1 N–H and O–H groups in total. The molecule has 0 saturated carbocycles. The van der Waals surface area contributed by atoms with Gasteiger partial charge < -0.3 is 5.32 Å². The molecule has 9 heteroatoms. The lowest BCUT2D eigenvalue weighted by Crippen LogP contribution is -2.35. The van der Waals surface area contributed by atoms with Crippen LogP contribution in [-0.4, -0.2) is 46.7 Å². The number of aromatic nitrogens is 3. The standard InChI is InChI=1S/C22H27N5O3S/c1-16-12-17(2)14-18(13-16)23-22(28)8-11-27-21-7-6-19(15-20(21)24-25-27)31(29,30)26-9-4-3-5-10-26/h6-7,12-15H,3-5,8-11H2,1-2H3,(H,23,28). The van der Waals surface area contributed by atoms with E-state index in [2.05, 4.69) is 21.7 Å². The Bertz CT molecular complexity index is 1190. The van der Waals surface area contributed by atoms with Crippen LogP contribution in [0.15, 0.2) is 41.3 Å². The van der Waals surface area contributed by atoms with Crippen LogP contribution in [0, 0.1) is 13.8 Å². The van der Waals surface area contributed by atoms with Gasteiger partial charge in [-0.25, -0.2) is 13.1 Å². The van der Waals surface area contributed by atoms with E-state index in [4.69, 9.17) is 0 Å². The van der Waals surface area contributed by atoms with Crippen LogP contribution in [0.25, 0.3) is 11.0 Å². The molecule has 1 aliphatic rings. The number of hydrogen-bond donors (Lipinski definition) is 1. The van der Waals surface area contributed by atoms with Gasteiger partial charge in [-0.2, -0.15) is 4.31 Å². The molecular formula is C22H27N5O3S. The lowest BCUT2D eigenvalue weighted by Gasteiger charge is -2.25. The van der Waals surface area contributed by atoms with Crippen LogP contribution in [0.3, 0.4) is 0 Å². The zero-order chi connectivity index (χ0) is 22.0. The Hall–Kier alpha value is -2.78. The zero-order valence-corrected chi connectivity index (χ0v) is 18.7. The van der Waals surface area contributed by atoms with Gasteiger partial charge in [-0.05, 0) is 68.1 Å². The van der Waals surface area contributed by atoms with Crippen LogP contribution in [0.4, 0.5) is 5.69 Å². The third kappa shape index (κ3) is 4.77. The molecule has 1 saturated heterocycles. The minimum absolute atomic E-state index is 0.113. The number of carbonyl (C=O) groups excluding carboxylic acids is 1. The van der Waals surface area contributed by atoms with E-state index < -0.39 is 10.0 Å². The molecule has 1 fully saturated rings. The molecule has 0 spiro atoms. The van der Waals surface area contributed by atoms with Gasteiger partial charge in [0.25, 0.3) is 0 Å². The first-order valence-corrected chi connectivity index (χ1v) is 12.0. The van der Waals surface area contributed by atoms with E-state index in [1.807, 2.05) is 26.0 Å². The monoisotopic (exact) mass is 441 g/mol. The smallest absolute Gasteiger partial charge is 0.243 e. The second kappa shape index (κ2) is 8.76. The lowest BCUT2D eigenvalue weighted by molar-refractivity contribution is -0.116. The van der Waals surface area contributed by atoms with Crippen molar-refractivity contribution in [3.05, 3.63) is 47.5 Å². The fraction of sp³-hybridized carbons (Fsp3) is 0.409. The fourth-order valence-electron chi connectivity index (χ4n) is 4.01. The predicted molar refractivity (Wildman–Crippen MR) is 119 cm³/mol. The van der Waals surface area contributed by atoms with Gasteiger partial charge in [0.05, 0.1) is 17.0 Å². The lowest BCUT2D eigenvalue weighted by atomic mass is 10.1. The Morgan fingerprint density at radius 1 is 1.03 bits per heavy atom. The van der Waals surface area contributed by atoms with Gasteiger partial charge in [0.1, 0.15) is 5.52 Å². The summed E-state index contributed by atoms with van der Waals surface area (Å²) in [5, 5.41) is 11.2. The van der Waals surface area contributed by atoms with Crippen LogP contribution in [0.1, 0.15) is 36.8 Å². The second-order valence-corrected chi connectivity index (χ2v) is 10.0. The van der Waals surface area contributed by atoms with E-state index in [9.17, 15) is 13.2 Å². The molecule has 164 valence electrons. The number of rotatable bonds is 6. The van der Waals surface area contributed by atoms with Gasteiger partial charge in [0.15, 0.2) is 0 Å². The van der Waals surface area contributed by atoms with Gasteiger partial charge >= 0.3 is 0 Å². The van der Waals surface area contributed by atoms with Crippen molar-refractivity contribution in [2.24, 2.45) is 0 Å². The maximum atomic E-state index is 12.9. The van der Waals surface area contributed by atoms with Gasteiger partial charge in [0, 0.05) is 25.2 Å². The summed E-state index contributed by atoms with van der Waals surface area (Å²) in [6, 6.07) is 10.8. The number of nitrogens with zero attached hydrogens (tertiary/aromatic N) is 4. The molecule has 1 aliphatic heterocycles. The Kier molecular flexibility index (Phi) is 6.06. The summed E-state index contributed by atoms with van der Waals surface area (Å²) in [6.07, 6.45) is 3.08. The van der Waals surface area contributed by atoms with Crippen LogP contribution in [-0.2, 0) is 21.4 Å². The quantitative estimate of drug-likeness (QED) is 0.633. The molecule has 2 heterocycles. The number of aryl methyl sites for hydroxylation is 3. The van der Waals surface area contributed by atoms with E-state index in [1.165, 1.54) is 0 Å². The molecule has 2 aromatic carbocycles. The summed E-state index contributed by atoms with van der Waals surface area (Å²) < 4.78 is 29.0. The van der Waals surface area contributed by atoms with Crippen molar-refractivity contribution < 1.29 is 13.2 Å². The van der Waals surface area contributed by atoms with Crippen molar-refractivity contribution >= 4 is 32.7 Å². The van der Waals surface area contributed by atoms with Crippen molar-refractivity contribution in [1.29, 1.82) is 0 Å². The van der Waals surface area contributed by atoms with Gasteiger partial charge in [-0.15, -0.1) is 5.10 Å². The number of anilines is 1. The molecule has 31 heavy (non-hydrogen) atoms. The molecular weight excluding hydrogens is 414 g/mol. The van der Waals surface area contributed by atoms with Crippen molar-refractivity contribution in [3.8, 4) is 0 Å². The highest BCUT2D eigenvalue weighted by Crippen LogP contribution is 2.23. The van der Waals surface area contributed by atoms with E-state index in [1.54, 1.807) is 27.2 Å². The Morgan fingerprint density at radius 3 is 2.45 bits per heavy atom. The first kappa shape index (κ1) is 21.5. The van der Waals surface area contributed by atoms with Gasteiger partial charge in [0.2, 0.25) is 15.9 Å². The van der Waals surface area contributed by atoms with Crippen molar-refractivity contribution in [1.82, 2.24) is 19.3 Å². The topological polar surface area (TPSA) is 97.2 Å². The number of nitrogens with one attached hydrogen (secondary N) is 1. The summed E-state index contributed by atoms with van der Waals surface area (Å²) in [5.74, 6) is -0.113. The molecule has 8 nitrogen and oxygen atoms in total. The number of fused-ring (bicyclic) bond motifs is 1.